The first-order valence-corrected chi connectivity index (χ1v) is 8.01. The summed E-state index contributed by atoms with van der Waals surface area (Å²) in [5.41, 5.74) is 5.07. The van der Waals surface area contributed by atoms with E-state index in [1.54, 1.807) is 0 Å². The van der Waals surface area contributed by atoms with Crippen LogP contribution in [0.3, 0.4) is 0 Å². The number of nitrogens with one attached hydrogen (secondary N) is 1. The van der Waals surface area contributed by atoms with Gasteiger partial charge < -0.3 is 16.0 Å². The van der Waals surface area contributed by atoms with Gasteiger partial charge in [-0.2, -0.15) is 0 Å². The largest absolute Gasteiger partial charge is 0.352 e. The molecule has 120 valence electrons. The molecule has 1 aliphatic carbocycles. The molecule has 0 spiro atoms. The van der Waals surface area contributed by atoms with Crippen molar-refractivity contribution in [1.82, 2.24) is 10.2 Å². The van der Waals surface area contributed by atoms with Crippen molar-refractivity contribution in [1.29, 1.82) is 0 Å². The lowest BCUT2D eigenvalue weighted by atomic mass is 9.92. The van der Waals surface area contributed by atoms with Gasteiger partial charge in [-0.1, -0.05) is 20.8 Å². The molecule has 1 heterocycles. The zero-order chi connectivity index (χ0) is 15.8. The minimum Gasteiger partial charge on any atom is -0.352 e. The highest BCUT2D eigenvalue weighted by atomic mass is 16.2. The first-order chi connectivity index (χ1) is 9.62. The van der Waals surface area contributed by atoms with Crippen molar-refractivity contribution in [3.63, 3.8) is 0 Å². The van der Waals surface area contributed by atoms with Crippen LogP contribution >= 0.6 is 0 Å². The van der Waals surface area contributed by atoms with Crippen LogP contribution in [0.4, 0.5) is 0 Å². The third-order valence-electron chi connectivity index (χ3n) is 4.67. The van der Waals surface area contributed by atoms with Crippen molar-refractivity contribution in [2.75, 3.05) is 13.1 Å². The van der Waals surface area contributed by atoms with Crippen LogP contribution in [0, 0.1) is 11.3 Å². The van der Waals surface area contributed by atoms with E-state index in [0.717, 1.165) is 25.7 Å². The lowest BCUT2D eigenvalue weighted by Gasteiger charge is -2.37. The SMILES string of the molecule is CC(C)(C)C(=O)N1CCC(NC(=O)C(C)(N)C2CC2)CC1. The Kier molecular flexibility index (Phi) is 4.34. The van der Waals surface area contributed by atoms with Crippen molar-refractivity contribution in [3.05, 3.63) is 0 Å². The number of carbonyl (C=O) groups is 2. The van der Waals surface area contributed by atoms with Crippen LogP contribution in [-0.4, -0.2) is 41.4 Å². The van der Waals surface area contributed by atoms with Gasteiger partial charge in [-0.05, 0) is 38.5 Å². The van der Waals surface area contributed by atoms with Crippen LogP contribution in [0.25, 0.3) is 0 Å². The lowest BCUT2D eigenvalue weighted by Crippen LogP contribution is -2.57. The van der Waals surface area contributed by atoms with E-state index in [1.807, 2.05) is 32.6 Å². The van der Waals surface area contributed by atoms with Gasteiger partial charge in [0.15, 0.2) is 0 Å². The molecule has 5 nitrogen and oxygen atoms in total. The van der Waals surface area contributed by atoms with Gasteiger partial charge in [0.25, 0.3) is 0 Å². The third kappa shape index (κ3) is 3.76. The van der Waals surface area contributed by atoms with Gasteiger partial charge in [0, 0.05) is 24.5 Å². The monoisotopic (exact) mass is 295 g/mol. The van der Waals surface area contributed by atoms with Gasteiger partial charge in [-0.15, -0.1) is 0 Å². The highest BCUT2D eigenvalue weighted by molar-refractivity contribution is 5.86. The van der Waals surface area contributed by atoms with E-state index in [4.69, 9.17) is 5.73 Å². The summed E-state index contributed by atoms with van der Waals surface area (Å²) in [4.78, 5) is 26.4. The van der Waals surface area contributed by atoms with E-state index in [9.17, 15) is 9.59 Å². The van der Waals surface area contributed by atoms with Crippen LogP contribution in [0.2, 0.25) is 0 Å². The zero-order valence-corrected chi connectivity index (χ0v) is 13.7. The molecule has 1 saturated carbocycles. The molecule has 2 amide bonds. The van der Waals surface area contributed by atoms with Gasteiger partial charge in [-0.25, -0.2) is 0 Å². The molecule has 2 rings (SSSR count). The number of amides is 2. The minimum absolute atomic E-state index is 0.0365. The summed E-state index contributed by atoms with van der Waals surface area (Å²) in [6.45, 7) is 9.09. The molecule has 1 saturated heterocycles. The average molecular weight is 295 g/mol. The maximum absolute atomic E-state index is 12.3. The Morgan fingerprint density at radius 2 is 1.57 bits per heavy atom. The molecule has 0 aromatic carbocycles. The van der Waals surface area contributed by atoms with E-state index in [2.05, 4.69) is 5.32 Å². The van der Waals surface area contributed by atoms with Gasteiger partial charge in [0.05, 0.1) is 5.54 Å². The molecule has 2 aliphatic rings. The molecular formula is C16H29N3O2. The summed E-state index contributed by atoms with van der Waals surface area (Å²) in [5.74, 6) is 0.486. The molecule has 0 aromatic rings. The number of nitrogens with zero attached hydrogens (tertiary/aromatic N) is 1. The predicted octanol–water partition coefficient (Wildman–Crippen LogP) is 1.27. The second-order valence-electron chi connectivity index (χ2n) is 7.85. The summed E-state index contributed by atoms with van der Waals surface area (Å²) in [6, 6.07) is 0.142. The van der Waals surface area contributed by atoms with Gasteiger partial charge in [0.2, 0.25) is 11.8 Å². The number of rotatable bonds is 3. The summed E-state index contributed by atoms with van der Waals surface area (Å²) < 4.78 is 0. The van der Waals surface area contributed by atoms with E-state index >= 15 is 0 Å². The molecule has 3 N–H and O–H groups in total. The standard InChI is InChI=1S/C16H29N3O2/c1-15(2,3)14(21)19-9-7-12(8-10-19)18-13(20)16(4,17)11-5-6-11/h11-12H,5-10,17H2,1-4H3,(H,18,20). The number of hydrogen-bond acceptors (Lipinski definition) is 3. The molecule has 1 atom stereocenters. The molecule has 0 radical (unpaired) electrons. The Labute approximate surface area is 127 Å². The molecule has 2 fully saturated rings. The maximum atomic E-state index is 12.3. The zero-order valence-electron chi connectivity index (χ0n) is 13.7. The molecular weight excluding hydrogens is 266 g/mol. The van der Waals surface area contributed by atoms with Crippen molar-refractivity contribution in [2.45, 2.75) is 65.0 Å². The quantitative estimate of drug-likeness (QED) is 0.823. The van der Waals surface area contributed by atoms with Gasteiger partial charge in [0.1, 0.15) is 0 Å². The summed E-state index contributed by atoms with van der Waals surface area (Å²) >= 11 is 0. The van der Waals surface area contributed by atoms with Crippen molar-refractivity contribution in [2.24, 2.45) is 17.1 Å². The van der Waals surface area contributed by atoms with E-state index in [0.29, 0.717) is 19.0 Å². The molecule has 0 aromatic heterocycles. The predicted molar refractivity (Wildman–Crippen MR) is 82.5 cm³/mol. The van der Waals surface area contributed by atoms with Crippen molar-refractivity contribution < 1.29 is 9.59 Å². The van der Waals surface area contributed by atoms with Crippen LogP contribution < -0.4 is 11.1 Å². The minimum atomic E-state index is -0.738. The Morgan fingerprint density at radius 1 is 1.05 bits per heavy atom. The Hall–Kier alpha value is -1.10. The Balaban J connectivity index is 1.82. The average Bonchev–Trinajstić information content (AvgIpc) is 3.22. The number of carbonyl (C=O) groups excluding carboxylic acids is 2. The first kappa shape index (κ1) is 16.3. The highest BCUT2D eigenvalue weighted by Gasteiger charge is 2.44. The number of likely N-dealkylation sites (tertiary alicyclic amines) is 1. The van der Waals surface area contributed by atoms with E-state index in [-0.39, 0.29) is 23.3 Å². The van der Waals surface area contributed by atoms with Crippen LogP contribution in [0.5, 0.6) is 0 Å². The molecule has 1 unspecified atom stereocenters. The lowest BCUT2D eigenvalue weighted by molar-refractivity contribution is -0.140. The van der Waals surface area contributed by atoms with Crippen molar-refractivity contribution >= 4 is 11.8 Å². The number of hydrogen-bond donors (Lipinski definition) is 2. The third-order valence-corrected chi connectivity index (χ3v) is 4.67. The number of nitrogens with two attached hydrogens (primary N) is 1. The summed E-state index contributed by atoms with van der Waals surface area (Å²) in [6.07, 6.45) is 3.74. The van der Waals surface area contributed by atoms with E-state index in [1.165, 1.54) is 0 Å². The summed E-state index contributed by atoms with van der Waals surface area (Å²) in [5, 5.41) is 3.08. The summed E-state index contributed by atoms with van der Waals surface area (Å²) in [7, 11) is 0. The number of piperidine rings is 1. The second-order valence-corrected chi connectivity index (χ2v) is 7.85. The molecule has 1 aliphatic heterocycles. The van der Waals surface area contributed by atoms with Crippen molar-refractivity contribution in [3.8, 4) is 0 Å². The topological polar surface area (TPSA) is 75.4 Å². The van der Waals surface area contributed by atoms with E-state index < -0.39 is 5.54 Å². The van der Waals surface area contributed by atoms with Crippen LogP contribution in [0.15, 0.2) is 0 Å². The fourth-order valence-electron chi connectivity index (χ4n) is 2.91. The van der Waals surface area contributed by atoms with Crippen LogP contribution in [0.1, 0.15) is 53.4 Å². The van der Waals surface area contributed by atoms with Crippen LogP contribution in [-0.2, 0) is 9.59 Å². The molecule has 0 bridgehead atoms. The fourth-order valence-corrected chi connectivity index (χ4v) is 2.91. The smallest absolute Gasteiger partial charge is 0.240 e. The normalized spacial score (nSPS) is 23.6. The Bertz CT molecular complexity index is 414. The molecule has 5 heteroatoms. The molecule has 21 heavy (non-hydrogen) atoms. The van der Waals surface area contributed by atoms with Gasteiger partial charge >= 0.3 is 0 Å². The fraction of sp³-hybridized carbons (Fsp3) is 0.875. The highest BCUT2D eigenvalue weighted by Crippen LogP contribution is 2.38. The van der Waals surface area contributed by atoms with Gasteiger partial charge in [-0.3, -0.25) is 9.59 Å². The Morgan fingerprint density at radius 3 is 2.00 bits per heavy atom. The maximum Gasteiger partial charge on any atom is 0.240 e. The second kappa shape index (κ2) is 5.59. The first-order valence-electron chi connectivity index (χ1n) is 8.01.